The SMILES string of the molecule is CCNC(=O)CN(C(=O)Cc1ccccc1F)c1nn(C)c2c1COc1ccc(Cl)cc1-2. The zero-order valence-electron chi connectivity index (χ0n) is 17.7. The number of fused-ring (bicyclic) bond motifs is 3. The van der Waals surface area contributed by atoms with Crippen molar-refractivity contribution in [1.29, 1.82) is 0 Å². The van der Waals surface area contributed by atoms with Crippen LogP contribution in [0.5, 0.6) is 5.75 Å². The number of halogens is 2. The fourth-order valence-corrected chi connectivity index (χ4v) is 3.95. The molecule has 166 valence electrons. The van der Waals surface area contributed by atoms with E-state index in [4.69, 9.17) is 16.3 Å². The van der Waals surface area contributed by atoms with E-state index >= 15 is 0 Å². The molecule has 4 rings (SSSR count). The molecular weight excluding hydrogens is 435 g/mol. The van der Waals surface area contributed by atoms with Crippen molar-refractivity contribution in [2.24, 2.45) is 7.05 Å². The first-order valence-electron chi connectivity index (χ1n) is 10.2. The fraction of sp³-hybridized carbons (Fsp3) is 0.261. The van der Waals surface area contributed by atoms with E-state index in [0.717, 1.165) is 11.3 Å². The molecule has 0 unspecified atom stereocenters. The van der Waals surface area contributed by atoms with Crippen LogP contribution in [0.3, 0.4) is 0 Å². The normalized spacial score (nSPS) is 11.9. The molecular formula is C23H22ClFN4O3. The molecule has 0 saturated carbocycles. The van der Waals surface area contributed by atoms with Gasteiger partial charge in [0.2, 0.25) is 11.8 Å². The summed E-state index contributed by atoms with van der Waals surface area (Å²) in [5.74, 6) is -0.299. The van der Waals surface area contributed by atoms with Gasteiger partial charge in [0, 0.05) is 24.2 Å². The Balaban J connectivity index is 1.75. The molecule has 1 aliphatic heterocycles. The van der Waals surface area contributed by atoms with E-state index in [2.05, 4.69) is 10.4 Å². The predicted molar refractivity (Wildman–Crippen MR) is 119 cm³/mol. The van der Waals surface area contributed by atoms with Gasteiger partial charge in [0.25, 0.3) is 0 Å². The molecule has 0 bridgehead atoms. The smallest absolute Gasteiger partial charge is 0.240 e. The second kappa shape index (κ2) is 9.00. The van der Waals surface area contributed by atoms with Gasteiger partial charge in [-0.3, -0.25) is 19.2 Å². The van der Waals surface area contributed by atoms with Gasteiger partial charge in [-0.15, -0.1) is 0 Å². The Morgan fingerprint density at radius 3 is 2.81 bits per heavy atom. The Hall–Kier alpha value is -3.39. The number of likely N-dealkylation sites (N-methyl/N-ethyl adjacent to an activating group) is 1. The summed E-state index contributed by atoms with van der Waals surface area (Å²) in [7, 11) is 1.75. The minimum atomic E-state index is -0.478. The topological polar surface area (TPSA) is 76.5 Å². The first-order chi connectivity index (χ1) is 15.4. The number of amides is 2. The number of carbonyl (C=O) groups is 2. The first kappa shape index (κ1) is 21.8. The number of rotatable bonds is 6. The van der Waals surface area contributed by atoms with Crippen molar-refractivity contribution < 1.29 is 18.7 Å². The van der Waals surface area contributed by atoms with Crippen molar-refractivity contribution in [1.82, 2.24) is 15.1 Å². The van der Waals surface area contributed by atoms with E-state index in [1.807, 2.05) is 0 Å². The standard InChI is InChI=1S/C23H22ClFN4O3/c1-3-26-20(30)12-29(21(31)10-14-6-4-5-7-18(14)25)23-17-13-32-19-9-8-15(24)11-16(19)22(17)28(2)27-23/h4-9,11H,3,10,12-13H2,1-2H3,(H,26,30). The van der Waals surface area contributed by atoms with Gasteiger partial charge in [-0.1, -0.05) is 29.8 Å². The molecule has 0 radical (unpaired) electrons. The molecule has 0 spiro atoms. The molecule has 2 aromatic carbocycles. The third-order valence-corrected chi connectivity index (χ3v) is 5.46. The van der Waals surface area contributed by atoms with E-state index in [-0.39, 0.29) is 31.0 Å². The Morgan fingerprint density at radius 2 is 2.06 bits per heavy atom. The third kappa shape index (κ3) is 4.18. The number of ether oxygens (including phenoxy) is 1. The van der Waals surface area contributed by atoms with Gasteiger partial charge >= 0.3 is 0 Å². The van der Waals surface area contributed by atoms with Gasteiger partial charge in [-0.2, -0.15) is 5.10 Å². The molecule has 1 aromatic heterocycles. The Morgan fingerprint density at radius 1 is 1.28 bits per heavy atom. The number of hydrogen-bond donors (Lipinski definition) is 1. The molecule has 32 heavy (non-hydrogen) atoms. The van der Waals surface area contributed by atoms with Crippen molar-refractivity contribution >= 4 is 29.2 Å². The van der Waals surface area contributed by atoms with Crippen LogP contribution < -0.4 is 15.0 Å². The number of nitrogens with one attached hydrogen (secondary N) is 1. The maximum Gasteiger partial charge on any atom is 0.240 e. The van der Waals surface area contributed by atoms with Gasteiger partial charge in [0.1, 0.15) is 24.7 Å². The van der Waals surface area contributed by atoms with E-state index in [9.17, 15) is 14.0 Å². The summed E-state index contributed by atoms with van der Waals surface area (Å²) < 4.78 is 21.7. The molecule has 9 heteroatoms. The molecule has 2 amide bonds. The van der Waals surface area contributed by atoms with Gasteiger partial charge in [0.05, 0.1) is 17.7 Å². The van der Waals surface area contributed by atoms with Crippen molar-refractivity contribution in [2.45, 2.75) is 20.0 Å². The summed E-state index contributed by atoms with van der Waals surface area (Å²) in [5.41, 5.74) is 2.41. The minimum absolute atomic E-state index is 0.173. The monoisotopic (exact) mass is 456 g/mol. The molecule has 1 aliphatic rings. The Kier molecular flexibility index (Phi) is 6.14. The Bertz CT molecular complexity index is 1190. The van der Waals surface area contributed by atoms with E-state index in [1.165, 1.54) is 11.0 Å². The minimum Gasteiger partial charge on any atom is -0.488 e. The highest BCUT2D eigenvalue weighted by molar-refractivity contribution is 6.31. The number of hydrogen-bond acceptors (Lipinski definition) is 4. The summed E-state index contributed by atoms with van der Waals surface area (Å²) in [6, 6.07) is 11.4. The molecule has 0 atom stereocenters. The summed E-state index contributed by atoms with van der Waals surface area (Å²) in [6.07, 6.45) is -0.208. The van der Waals surface area contributed by atoms with Crippen molar-refractivity contribution in [3.63, 3.8) is 0 Å². The average Bonchev–Trinajstić information content (AvgIpc) is 3.10. The van der Waals surface area contributed by atoms with Crippen LogP contribution in [-0.2, 0) is 29.7 Å². The largest absolute Gasteiger partial charge is 0.488 e. The van der Waals surface area contributed by atoms with Crippen LogP contribution in [0.15, 0.2) is 42.5 Å². The lowest BCUT2D eigenvalue weighted by Gasteiger charge is -2.24. The third-order valence-electron chi connectivity index (χ3n) is 5.22. The van der Waals surface area contributed by atoms with Crippen LogP contribution in [0.25, 0.3) is 11.3 Å². The number of nitrogens with zero attached hydrogens (tertiary/aromatic N) is 3. The summed E-state index contributed by atoms with van der Waals surface area (Å²) in [6.45, 7) is 2.14. The van der Waals surface area contributed by atoms with Crippen LogP contribution >= 0.6 is 11.6 Å². The van der Waals surface area contributed by atoms with Crippen molar-refractivity contribution in [2.75, 3.05) is 18.0 Å². The molecule has 0 aliphatic carbocycles. The van der Waals surface area contributed by atoms with Crippen LogP contribution in [0, 0.1) is 5.82 Å². The van der Waals surface area contributed by atoms with Gasteiger partial charge in [-0.25, -0.2) is 4.39 Å². The van der Waals surface area contributed by atoms with Crippen LogP contribution in [0.4, 0.5) is 10.2 Å². The summed E-state index contributed by atoms with van der Waals surface area (Å²) in [4.78, 5) is 27.0. The van der Waals surface area contributed by atoms with Crippen molar-refractivity contribution in [3.8, 4) is 17.0 Å². The van der Waals surface area contributed by atoms with E-state index in [0.29, 0.717) is 28.7 Å². The van der Waals surface area contributed by atoms with Crippen LogP contribution in [0.1, 0.15) is 18.1 Å². The van der Waals surface area contributed by atoms with E-state index < -0.39 is 11.7 Å². The van der Waals surface area contributed by atoms with Gasteiger partial charge < -0.3 is 10.1 Å². The van der Waals surface area contributed by atoms with Crippen LogP contribution in [0.2, 0.25) is 5.02 Å². The molecule has 7 nitrogen and oxygen atoms in total. The molecule has 3 aromatic rings. The summed E-state index contributed by atoms with van der Waals surface area (Å²) >= 11 is 6.19. The lowest BCUT2D eigenvalue weighted by atomic mass is 10.0. The second-order valence-corrected chi connectivity index (χ2v) is 7.84. The number of carbonyl (C=O) groups excluding carboxylic acids is 2. The Labute approximate surface area is 189 Å². The highest BCUT2D eigenvalue weighted by Gasteiger charge is 2.31. The molecule has 0 fully saturated rings. The average molecular weight is 457 g/mol. The number of aromatic nitrogens is 2. The number of benzene rings is 2. The predicted octanol–water partition coefficient (Wildman–Crippen LogP) is 3.48. The van der Waals surface area contributed by atoms with Crippen LogP contribution in [-0.4, -0.2) is 34.7 Å². The second-order valence-electron chi connectivity index (χ2n) is 7.41. The number of aryl methyl sites for hydroxylation is 1. The molecule has 1 N–H and O–H groups in total. The van der Waals surface area contributed by atoms with Gasteiger partial charge in [0.15, 0.2) is 5.82 Å². The van der Waals surface area contributed by atoms with Gasteiger partial charge in [-0.05, 0) is 36.8 Å². The fourth-order valence-electron chi connectivity index (χ4n) is 3.78. The maximum atomic E-state index is 14.2. The van der Waals surface area contributed by atoms with Crippen molar-refractivity contribution in [3.05, 3.63) is 64.4 Å². The lowest BCUT2D eigenvalue weighted by Crippen LogP contribution is -2.42. The number of anilines is 1. The summed E-state index contributed by atoms with van der Waals surface area (Å²) in [5, 5.41) is 7.78. The quantitative estimate of drug-likeness (QED) is 0.616. The molecule has 0 saturated heterocycles. The first-order valence-corrected chi connectivity index (χ1v) is 10.6. The zero-order chi connectivity index (χ0) is 22.8. The zero-order valence-corrected chi connectivity index (χ0v) is 18.4. The highest BCUT2D eigenvalue weighted by atomic mass is 35.5. The highest BCUT2D eigenvalue weighted by Crippen LogP contribution is 2.42. The lowest BCUT2D eigenvalue weighted by molar-refractivity contribution is -0.123. The maximum absolute atomic E-state index is 14.2. The molecule has 2 heterocycles. The van der Waals surface area contributed by atoms with E-state index in [1.54, 1.807) is 55.1 Å².